The Labute approximate surface area is 113 Å². The van der Waals surface area contributed by atoms with Gasteiger partial charge in [-0.15, -0.1) is 0 Å². The van der Waals surface area contributed by atoms with Crippen molar-refractivity contribution in [1.82, 2.24) is 9.88 Å². The van der Waals surface area contributed by atoms with E-state index in [1.165, 1.54) is 12.3 Å². The van der Waals surface area contributed by atoms with Crippen molar-refractivity contribution in [2.24, 2.45) is 5.73 Å². The van der Waals surface area contributed by atoms with Crippen LogP contribution in [0.4, 0.5) is 0 Å². The standard InChI is InChI=1S/C14H21N3O2/c1-3-5-9-17(8-4-2)14(19)11-6-7-12(13(15)18)16-10-11/h6-7,10H,3-5,8-9H2,1-2H3,(H2,15,18). The summed E-state index contributed by atoms with van der Waals surface area (Å²) in [5, 5.41) is 0. The summed E-state index contributed by atoms with van der Waals surface area (Å²) < 4.78 is 0. The van der Waals surface area contributed by atoms with Crippen molar-refractivity contribution in [3.05, 3.63) is 29.6 Å². The fourth-order valence-corrected chi connectivity index (χ4v) is 1.78. The van der Waals surface area contributed by atoms with Gasteiger partial charge in [0.15, 0.2) is 0 Å². The molecule has 0 atom stereocenters. The number of nitrogens with two attached hydrogens (primary N) is 1. The van der Waals surface area contributed by atoms with Gasteiger partial charge in [-0.1, -0.05) is 20.3 Å². The predicted octanol–water partition coefficient (Wildman–Crippen LogP) is 1.83. The van der Waals surface area contributed by atoms with Gasteiger partial charge < -0.3 is 10.6 Å². The summed E-state index contributed by atoms with van der Waals surface area (Å²) in [6.07, 6.45) is 4.37. The second-order valence-electron chi connectivity index (χ2n) is 4.44. The molecule has 0 radical (unpaired) electrons. The van der Waals surface area contributed by atoms with E-state index in [1.807, 2.05) is 11.8 Å². The minimum atomic E-state index is -0.588. The number of amides is 2. The second kappa shape index (κ2) is 7.51. The normalized spacial score (nSPS) is 10.2. The first-order valence-electron chi connectivity index (χ1n) is 6.65. The van der Waals surface area contributed by atoms with Gasteiger partial charge in [0.2, 0.25) is 0 Å². The van der Waals surface area contributed by atoms with Crippen LogP contribution in [0, 0.1) is 0 Å². The molecule has 1 heterocycles. The Morgan fingerprint density at radius 2 is 1.95 bits per heavy atom. The third kappa shape index (κ3) is 4.35. The lowest BCUT2D eigenvalue weighted by Crippen LogP contribution is -2.32. The van der Waals surface area contributed by atoms with Crippen LogP contribution in [0.2, 0.25) is 0 Å². The van der Waals surface area contributed by atoms with E-state index in [-0.39, 0.29) is 11.6 Å². The van der Waals surface area contributed by atoms with Gasteiger partial charge >= 0.3 is 0 Å². The van der Waals surface area contributed by atoms with Crippen LogP contribution in [0.1, 0.15) is 54.0 Å². The number of hydrogen-bond donors (Lipinski definition) is 1. The van der Waals surface area contributed by atoms with Crippen molar-refractivity contribution < 1.29 is 9.59 Å². The summed E-state index contributed by atoms with van der Waals surface area (Å²) in [4.78, 5) is 28.9. The Kier molecular flexibility index (Phi) is 5.99. The van der Waals surface area contributed by atoms with Crippen molar-refractivity contribution in [2.45, 2.75) is 33.1 Å². The van der Waals surface area contributed by atoms with Crippen LogP contribution >= 0.6 is 0 Å². The van der Waals surface area contributed by atoms with Gasteiger partial charge in [-0.2, -0.15) is 0 Å². The van der Waals surface area contributed by atoms with E-state index in [0.29, 0.717) is 5.56 Å². The highest BCUT2D eigenvalue weighted by Gasteiger charge is 2.15. The lowest BCUT2D eigenvalue weighted by atomic mass is 10.2. The van der Waals surface area contributed by atoms with Crippen LogP contribution in [0.5, 0.6) is 0 Å². The number of carbonyl (C=O) groups is 2. The topological polar surface area (TPSA) is 76.3 Å². The van der Waals surface area contributed by atoms with Crippen LogP contribution in [0.15, 0.2) is 18.3 Å². The number of rotatable bonds is 7. The molecule has 104 valence electrons. The highest BCUT2D eigenvalue weighted by atomic mass is 16.2. The predicted molar refractivity (Wildman–Crippen MR) is 73.9 cm³/mol. The van der Waals surface area contributed by atoms with Gasteiger partial charge in [0.1, 0.15) is 5.69 Å². The monoisotopic (exact) mass is 263 g/mol. The first-order chi connectivity index (χ1) is 9.10. The number of carbonyl (C=O) groups excluding carboxylic acids is 2. The van der Waals surface area contributed by atoms with E-state index in [4.69, 9.17) is 5.73 Å². The van der Waals surface area contributed by atoms with Gasteiger partial charge in [-0.25, -0.2) is 0 Å². The van der Waals surface area contributed by atoms with E-state index in [2.05, 4.69) is 11.9 Å². The molecule has 1 aromatic rings. The fraction of sp³-hybridized carbons (Fsp3) is 0.500. The zero-order valence-corrected chi connectivity index (χ0v) is 11.6. The van der Waals surface area contributed by atoms with E-state index >= 15 is 0 Å². The van der Waals surface area contributed by atoms with Gasteiger partial charge in [-0.05, 0) is 25.0 Å². The Balaban J connectivity index is 2.80. The molecule has 0 saturated heterocycles. The summed E-state index contributed by atoms with van der Waals surface area (Å²) in [6, 6.07) is 3.09. The molecular weight excluding hydrogens is 242 g/mol. The first-order valence-corrected chi connectivity index (χ1v) is 6.65. The van der Waals surface area contributed by atoms with Crippen molar-refractivity contribution in [3.63, 3.8) is 0 Å². The smallest absolute Gasteiger partial charge is 0.267 e. The number of pyridine rings is 1. The van der Waals surface area contributed by atoms with E-state index in [1.54, 1.807) is 6.07 Å². The van der Waals surface area contributed by atoms with Gasteiger partial charge in [0.05, 0.1) is 5.56 Å². The molecule has 5 heteroatoms. The molecule has 0 aliphatic heterocycles. The number of hydrogen-bond acceptors (Lipinski definition) is 3. The molecule has 1 aromatic heterocycles. The molecule has 19 heavy (non-hydrogen) atoms. The van der Waals surface area contributed by atoms with Crippen LogP contribution in [-0.2, 0) is 0 Å². The van der Waals surface area contributed by atoms with Crippen LogP contribution < -0.4 is 5.73 Å². The van der Waals surface area contributed by atoms with Crippen molar-refractivity contribution in [3.8, 4) is 0 Å². The SMILES string of the molecule is CCCCN(CCC)C(=O)c1ccc(C(N)=O)nc1. The summed E-state index contributed by atoms with van der Waals surface area (Å²) in [5.41, 5.74) is 5.78. The molecule has 0 aliphatic carbocycles. The third-order valence-electron chi connectivity index (χ3n) is 2.83. The minimum absolute atomic E-state index is 0.0428. The summed E-state index contributed by atoms with van der Waals surface area (Å²) in [6.45, 7) is 5.62. The Morgan fingerprint density at radius 3 is 2.42 bits per heavy atom. The summed E-state index contributed by atoms with van der Waals surface area (Å²) in [7, 11) is 0. The number of aromatic nitrogens is 1. The van der Waals surface area contributed by atoms with Gasteiger partial charge in [0.25, 0.3) is 11.8 Å². The second-order valence-corrected chi connectivity index (χ2v) is 4.44. The van der Waals surface area contributed by atoms with Crippen molar-refractivity contribution >= 4 is 11.8 Å². The Morgan fingerprint density at radius 1 is 1.21 bits per heavy atom. The first kappa shape index (κ1) is 15.1. The molecule has 1 rings (SSSR count). The minimum Gasteiger partial charge on any atom is -0.364 e. The zero-order chi connectivity index (χ0) is 14.3. The average Bonchev–Trinajstić information content (AvgIpc) is 2.42. The van der Waals surface area contributed by atoms with E-state index < -0.39 is 5.91 Å². The Hall–Kier alpha value is -1.91. The molecule has 0 saturated carbocycles. The largest absolute Gasteiger partial charge is 0.364 e. The number of nitrogens with zero attached hydrogens (tertiary/aromatic N) is 2. The zero-order valence-electron chi connectivity index (χ0n) is 11.6. The van der Waals surface area contributed by atoms with Crippen molar-refractivity contribution in [1.29, 1.82) is 0 Å². The molecule has 5 nitrogen and oxygen atoms in total. The maximum Gasteiger partial charge on any atom is 0.267 e. The molecule has 0 fully saturated rings. The molecule has 2 N–H and O–H groups in total. The molecule has 2 amide bonds. The van der Waals surface area contributed by atoms with E-state index in [9.17, 15) is 9.59 Å². The highest BCUT2D eigenvalue weighted by molar-refractivity contribution is 5.95. The number of unbranched alkanes of at least 4 members (excludes halogenated alkanes) is 1. The highest BCUT2D eigenvalue weighted by Crippen LogP contribution is 2.07. The van der Waals surface area contributed by atoms with Crippen LogP contribution in [0.3, 0.4) is 0 Å². The summed E-state index contributed by atoms with van der Waals surface area (Å²) >= 11 is 0. The molecular formula is C14H21N3O2. The average molecular weight is 263 g/mol. The lowest BCUT2D eigenvalue weighted by molar-refractivity contribution is 0.0752. The molecule has 0 spiro atoms. The molecule has 0 aromatic carbocycles. The quantitative estimate of drug-likeness (QED) is 0.815. The third-order valence-corrected chi connectivity index (χ3v) is 2.83. The van der Waals surface area contributed by atoms with Crippen LogP contribution in [-0.4, -0.2) is 34.8 Å². The van der Waals surface area contributed by atoms with E-state index in [0.717, 1.165) is 32.4 Å². The maximum absolute atomic E-state index is 12.3. The van der Waals surface area contributed by atoms with Gasteiger partial charge in [0, 0.05) is 19.3 Å². The van der Waals surface area contributed by atoms with Crippen molar-refractivity contribution in [2.75, 3.05) is 13.1 Å². The Bertz CT molecular complexity index is 429. The molecule has 0 aliphatic rings. The van der Waals surface area contributed by atoms with Crippen LogP contribution in [0.25, 0.3) is 0 Å². The fourth-order valence-electron chi connectivity index (χ4n) is 1.78. The summed E-state index contributed by atoms with van der Waals surface area (Å²) in [5.74, 6) is -0.630. The molecule has 0 unspecified atom stereocenters. The maximum atomic E-state index is 12.3. The lowest BCUT2D eigenvalue weighted by Gasteiger charge is -2.21. The number of primary amides is 1. The molecule has 0 bridgehead atoms. The van der Waals surface area contributed by atoms with Gasteiger partial charge in [-0.3, -0.25) is 14.6 Å².